The molecule has 0 unspecified atom stereocenters. The topological polar surface area (TPSA) is 79.1 Å². The number of hydrogen-bond acceptors (Lipinski definition) is 3. The standard InChI is InChI=1S/C7H8F2N2O2/c8-6(9)5-4(12)1-3(2-10)7(13)11-5/h1,6,12H,2,10H2,(H,11,13). The molecule has 0 aliphatic carbocycles. The summed E-state index contributed by atoms with van der Waals surface area (Å²) in [6, 6.07) is 0.945. The molecule has 0 atom stereocenters. The fourth-order valence-corrected chi connectivity index (χ4v) is 0.893. The van der Waals surface area contributed by atoms with Crippen molar-refractivity contribution in [1.82, 2.24) is 4.98 Å². The maximum absolute atomic E-state index is 12.1. The highest BCUT2D eigenvalue weighted by molar-refractivity contribution is 5.30. The molecule has 1 aromatic rings. The first kappa shape index (κ1) is 9.66. The fraction of sp³-hybridized carbons (Fsp3) is 0.286. The van der Waals surface area contributed by atoms with Gasteiger partial charge in [-0.3, -0.25) is 4.79 Å². The van der Waals surface area contributed by atoms with E-state index >= 15 is 0 Å². The van der Waals surface area contributed by atoms with E-state index in [1.165, 1.54) is 0 Å². The first-order valence-electron chi connectivity index (χ1n) is 3.49. The molecule has 0 aromatic carbocycles. The molecule has 0 radical (unpaired) electrons. The number of aromatic hydroxyl groups is 1. The van der Waals surface area contributed by atoms with E-state index < -0.39 is 23.4 Å². The maximum atomic E-state index is 12.1. The third-order valence-electron chi connectivity index (χ3n) is 1.56. The number of aromatic nitrogens is 1. The Labute approximate surface area is 72.0 Å². The van der Waals surface area contributed by atoms with Crippen molar-refractivity contribution in [1.29, 1.82) is 0 Å². The van der Waals surface area contributed by atoms with E-state index in [4.69, 9.17) is 10.8 Å². The molecule has 1 heterocycles. The Morgan fingerprint density at radius 1 is 1.62 bits per heavy atom. The molecule has 13 heavy (non-hydrogen) atoms. The summed E-state index contributed by atoms with van der Waals surface area (Å²) < 4.78 is 24.2. The van der Waals surface area contributed by atoms with Gasteiger partial charge in [0.1, 0.15) is 11.4 Å². The van der Waals surface area contributed by atoms with Crippen LogP contribution in [0.4, 0.5) is 8.78 Å². The van der Waals surface area contributed by atoms with Crippen LogP contribution < -0.4 is 11.3 Å². The van der Waals surface area contributed by atoms with E-state index in [2.05, 4.69) is 0 Å². The first-order valence-corrected chi connectivity index (χ1v) is 3.49. The van der Waals surface area contributed by atoms with E-state index in [-0.39, 0.29) is 12.1 Å². The van der Waals surface area contributed by atoms with Crippen LogP contribution >= 0.6 is 0 Å². The number of nitrogens with two attached hydrogens (primary N) is 1. The predicted molar refractivity (Wildman–Crippen MR) is 41.6 cm³/mol. The van der Waals surface area contributed by atoms with Crippen LogP contribution in [0, 0.1) is 0 Å². The minimum Gasteiger partial charge on any atom is -0.506 e. The Morgan fingerprint density at radius 2 is 2.23 bits per heavy atom. The molecule has 1 aromatic heterocycles. The number of nitrogens with one attached hydrogen (secondary N) is 1. The van der Waals surface area contributed by atoms with Gasteiger partial charge in [0.25, 0.3) is 12.0 Å². The molecule has 4 N–H and O–H groups in total. The zero-order chi connectivity index (χ0) is 10.0. The van der Waals surface area contributed by atoms with Crippen LogP contribution in [-0.2, 0) is 6.54 Å². The fourth-order valence-electron chi connectivity index (χ4n) is 0.893. The molecule has 0 saturated carbocycles. The Bertz CT molecular complexity index is 362. The van der Waals surface area contributed by atoms with Gasteiger partial charge in [-0.25, -0.2) is 8.78 Å². The highest BCUT2D eigenvalue weighted by Gasteiger charge is 2.15. The van der Waals surface area contributed by atoms with Gasteiger partial charge >= 0.3 is 0 Å². The van der Waals surface area contributed by atoms with Gasteiger partial charge in [0.05, 0.1) is 0 Å². The lowest BCUT2D eigenvalue weighted by molar-refractivity contribution is 0.141. The minimum atomic E-state index is -2.90. The van der Waals surface area contributed by atoms with Crippen molar-refractivity contribution in [3.05, 3.63) is 27.7 Å². The summed E-state index contributed by atoms with van der Waals surface area (Å²) in [5, 5.41) is 9.01. The normalized spacial score (nSPS) is 10.8. The van der Waals surface area contributed by atoms with E-state index in [1.807, 2.05) is 4.98 Å². The van der Waals surface area contributed by atoms with Crippen molar-refractivity contribution in [2.75, 3.05) is 0 Å². The summed E-state index contributed by atoms with van der Waals surface area (Å²) in [6.07, 6.45) is -2.90. The minimum absolute atomic E-state index is 0.0712. The van der Waals surface area contributed by atoms with Gasteiger partial charge in [-0.2, -0.15) is 0 Å². The number of alkyl halides is 2. The third-order valence-corrected chi connectivity index (χ3v) is 1.56. The van der Waals surface area contributed by atoms with E-state index in [1.54, 1.807) is 0 Å². The highest BCUT2D eigenvalue weighted by Crippen LogP contribution is 2.24. The predicted octanol–water partition coefficient (Wildman–Crippen LogP) is 0.477. The molecular formula is C7H8F2N2O2. The monoisotopic (exact) mass is 190 g/mol. The summed E-state index contributed by atoms with van der Waals surface area (Å²) >= 11 is 0. The van der Waals surface area contributed by atoms with Crippen LogP contribution in [-0.4, -0.2) is 10.1 Å². The van der Waals surface area contributed by atoms with Crippen molar-refractivity contribution in [2.45, 2.75) is 13.0 Å². The van der Waals surface area contributed by atoms with Crippen LogP contribution in [0.2, 0.25) is 0 Å². The van der Waals surface area contributed by atoms with Gasteiger partial charge in [-0.05, 0) is 6.07 Å². The lowest BCUT2D eigenvalue weighted by atomic mass is 10.2. The van der Waals surface area contributed by atoms with Crippen molar-refractivity contribution in [2.24, 2.45) is 5.73 Å². The smallest absolute Gasteiger partial charge is 0.281 e. The molecule has 0 aliphatic rings. The molecule has 0 saturated heterocycles. The molecule has 4 nitrogen and oxygen atoms in total. The average Bonchev–Trinajstić information content (AvgIpc) is 2.07. The molecular weight excluding hydrogens is 182 g/mol. The molecule has 0 fully saturated rings. The van der Waals surface area contributed by atoms with Gasteiger partial charge in [0.2, 0.25) is 0 Å². The van der Waals surface area contributed by atoms with Crippen molar-refractivity contribution in [3.8, 4) is 5.75 Å². The number of aromatic amines is 1. The van der Waals surface area contributed by atoms with Crippen molar-refractivity contribution >= 4 is 0 Å². The van der Waals surface area contributed by atoms with Gasteiger partial charge in [0, 0.05) is 12.1 Å². The zero-order valence-electron chi connectivity index (χ0n) is 6.55. The lowest BCUT2D eigenvalue weighted by Gasteiger charge is -2.04. The molecule has 72 valence electrons. The van der Waals surface area contributed by atoms with Gasteiger partial charge in [-0.1, -0.05) is 0 Å². The summed E-state index contributed by atoms with van der Waals surface area (Å²) in [7, 11) is 0. The Hall–Kier alpha value is -1.43. The van der Waals surface area contributed by atoms with Gasteiger partial charge in [-0.15, -0.1) is 0 Å². The Kier molecular flexibility index (Phi) is 2.62. The Balaban J connectivity index is 3.29. The summed E-state index contributed by atoms with van der Waals surface area (Å²) in [4.78, 5) is 12.8. The van der Waals surface area contributed by atoms with Crippen LogP contribution in [0.15, 0.2) is 10.9 Å². The highest BCUT2D eigenvalue weighted by atomic mass is 19.3. The van der Waals surface area contributed by atoms with E-state index in [0.29, 0.717) is 0 Å². The zero-order valence-corrected chi connectivity index (χ0v) is 6.55. The lowest BCUT2D eigenvalue weighted by Crippen LogP contribution is -2.17. The van der Waals surface area contributed by atoms with E-state index in [9.17, 15) is 13.6 Å². The maximum Gasteiger partial charge on any atom is 0.281 e. The number of pyridine rings is 1. The van der Waals surface area contributed by atoms with Crippen LogP contribution in [0.5, 0.6) is 5.75 Å². The Morgan fingerprint density at radius 3 is 2.69 bits per heavy atom. The van der Waals surface area contributed by atoms with Crippen molar-refractivity contribution in [3.63, 3.8) is 0 Å². The molecule has 0 bridgehead atoms. The second-order valence-electron chi connectivity index (χ2n) is 2.43. The molecule has 0 spiro atoms. The largest absolute Gasteiger partial charge is 0.506 e. The SMILES string of the molecule is NCc1cc(O)c(C(F)F)[nH]c1=O. The molecule has 0 aliphatic heterocycles. The molecule has 0 amide bonds. The summed E-state index contributed by atoms with van der Waals surface area (Å²) in [6.45, 7) is -0.105. The summed E-state index contributed by atoms with van der Waals surface area (Å²) in [5.74, 6) is -0.643. The third kappa shape index (κ3) is 1.83. The first-order chi connectivity index (χ1) is 6.06. The molecule has 1 rings (SSSR count). The second-order valence-corrected chi connectivity index (χ2v) is 2.43. The number of rotatable bonds is 2. The number of hydrogen-bond donors (Lipinski definition) is 3. The second kappa shape index (κ2) is 3.53. The number of halogens is 2. The van der Waals surface area contributed by atoms with Crippen LogP contribution in [0.3, 0.4) is 0 Å². The quantitative estimate of drug-likeness (QED) is 0.634. The van der Waals surface area contributed by atoms with Crippen molar-refractivity contribution < 1.29 is 13.9 Å². The van der Waals surface area contributed by atoms with Gasteiger partial charge in [0.15, 0.2) is 0 Å². The number of H-pyrrole nitrogens is 1. The van der Waals surface area contributed by atoms with E-state index in [0.717, 1.165) is 6.07 Å². The average molecular weight is 190 g/mol. The van der Waals surface area contributed by atoms with Crippen LogP contribution in [0.25, 0.3) is 0 Å². The molecule has 6 heteroatoms. The van der Waals surface area contributed by atoms with Crippen LogP contribution in [0.1, 0.15) is 17.7 Å². The van der Waals surface area contributed by atoms with Gasteiger partial charge < -0.3 is 15.8 Å². The summed E-state index contributed by atoms with van der Waals surface area (Å²) in [5.41, 5.74) is 3.72.